The van der Waals surface area contributed by atoms with E-state index in [-0.39, 0.29) is 17.9 Å². The molecule has 1 rings (SSSR count). The van der Waals surface area contributed by atoms with Crippen molar-refractivity contribution >= 4 is 17.6 Å². The maximum Gasteiger partial charge on any atom is 0.245 e. The number of nitriles is 1. The molecule has 6 heteroatoms. The number of carbonyl (C=O) groups is 3. The Kier molecular flexibility index (Phi) is 5.89. The average Bonchev–Trinajstić information content (AvgIpc) is 2.86. The second-order valence-corrected chi connectivity index (χ2v) is 5.97. The highest BCUT2D eigenvalue weighted by Gasteiger charge is 2.40. The van der Waals surface area contributed by atoms with Gasteiger partial charge in [0.2, 0.25) is 11.8 Å². The van der Waals surface area contributed by atoms with Crippen LogP contribution in [0.25, 0.3) is 0 Å². The molecule has 1 fully saturated rings. The largest absolute Gasteiger partial charge is 0.352 e. The molecule has 2 amide bonds. The number of Topliss-reactive ketones (excluding diaryl/α,β-unsaturated/α-hetero) is 1. The fourth-order valence-electron chi connectivity index (χ4n) is 2.47. The van der Waals surface area contributed by atoms with E-state index in [1.807, 2.05) is 0 Å². The van der Waals surface area contributed by atoms with Gasteiger partial charge < -0.3 is 10.2 Å². The lowest BCUT2D eigenvalue weighted by molar-refractivity contribution is -0.143. The second kappa shape index (κ2) is 7.21. The maximum absolute atomic E-state index is 12.5. The predicted octanol–water partition coefficient (Wildman–Crippen LogP) is 0.867. The first-order valence-corrected chi connectivity index (χ1v) is 7.33. The Morgan fingerprint density at radius 3 is 2.33 bits per heavy atom. The molecule has 0 aliphatic carbocycles. The molecular formula is C15H23N3O3. The third-order valence-corrected chi connectivity index (χ3v) is 3.46. The Balaban J connectivity index is 2.87. The van der Waals surface area contributed by atoms with E-state index in [1.54, 1.807) is 33.8 Å². The predicted molar refractivity (Wildman–Crippen MR) is 77.0 cm³/mol. The minimum absolute atomic E-state index is 0.105. The van der Waals surface area contributed by atoms with Crippen LogP contribution in [-0.2, 0) is 14.4 Å². The molecule has 0 unspecified atom stereocenters. The van der Waals surface area contributed by atoms with Crippen LogP contribution in [0.5, 0.6) is 0 Å². The van der Waals surface area contributed by atoms with Crippen LogP contribution in [-0.4, -0.2) is 41.1 Å². The monoisotopic (exact) mass is 293 g/mol. The van der Waals surface area contributed by atoms with E-state index >= 15 is 0 Å². The van der Waals surface area contributed by atoms with Gasteiger partial charge >= 0.3 is 0 Å². The molecule has 1 N–H and O–H groups in total. The summed E-state index contributed by atoms with van der Waals surface area (Å²) in [5.74, 6) is -2.71. The van der Waals surface area contributed by atoms with Crippen molar-refractivity contribution in [1.29, 1.82) is 5.26 Å². The summed E-state index contributed by atoms with van der Waals surface area (Å²) in [4.78, 5) is 38.0. The van der Waals surface area contributed by atoms with Crippen molar-refractivity contribution in [3.63, 3.8) is 0 Å². The summed E-state index contributed by atoms with van der Waals surface area (Å²) < 4.78 is 0. The summed E-state index contributed by atoms with van der Waals surface area (Å²) in [5, 5.41) is 11.7. The van der Waals surface area contributed by atoms with Crippen LogP contribution in [0.4, 0.5) is 0 Å². The molecule has 21 heavy (non-hydrogen) atoms. The SMILES string of the molecule is CC(C)NC(=O)[C@@H](C#N)C(=O)[C@H]1CCCN1C(=O)C(C)C. The van der Waals surface area contributed by atoms with Crippen LogP contribution in [0.2, 0.25) is 0 Å². The molecule has 2 atom stereocenters. The smallest absolute Gasteiger partial charge is 0.245 e. The topological polar surface area (TPSA) is 90.3 Å². The van der Waals surface area contributed by atoms with Crippen LogP contribution < -0.4 is 5.32 Å². The Labute approximate surface area is 125 Å². The highest BCUT2D eigenvalue weighted by atomic mass is 16.2. The van der Waals surface area contributed by atoms with Gasteiger partial charge in [-0.2, -0.15) is 5.26 Å². The summed E-state index contributed by atoms with van der Waals surface area (Å²) in [7, 11) is 0. The van der Waals surface area contributed by atoms with Crippen molar-refractivity contribution in [1.82, 2.24) is 10.2 Å². The molecule has 1 aliphatic rings. The molecule has 116 valence electrons. The first-order valence-electron chi connectivity index (χ1n) is 7.33. The van der Waals surface area contributed by atoms with E-state index in [2.05, 4.69) is 5.32 Å². The van der Waals surface area contributed by atoms with Gasteiger partial charge in [-0.25, -0.2) is 0 Å². The zero-order chi connectivity index (χ0) is 16.2. The average molecular weight is 293 g/mol. The third-order valence-electron chi connectivity index (χ3n) is 3.46. The fourth-order valence-corrected chi connectivity index (χ4v) is 2.47. The van der Waals surface area contributed by atoms with Gasteiger partial charge in [0.15, 0.2) is 11.7 Å². The number of hydrogen-bond donors (Lipinski definition) is 1. The summed E-state index contributed by atoms with van der Waals surface area (Å²) in [6.07, 6.45) is 1.24. The summed E-state index contributed by atoms with van der Waals surface area (Å²) in [6, 6.07) is 0.982. The number of rotatable bonds is 5. The number of likely N-dealkylation sites (tertiary alicyclic amines) is 1. The van der Waals surface area contributed by atoms with Gasteiger partial charge in [-0.1, -0.05) is 13.8 Å². The van der Waals surface area contributed by atoms with Crippen molar-refractivity contribution in [3.05, 3.63) is 0 Å². The van der Waals surface area contributed by atoms with Gasteiger partial charge in [0.05, 0.1) is 12.1 Å². The minimum atomic E-state index is -1.35. The zero-order valence-electron chi connectivity index (χ0n) is 13.0. The van der Waals surface area contributed by atoms with E-state index in [4.69, 9.17) is 5.26 Å². The normalized spacial score (nSPS) is 19.5. The molecule has 0 radical (unpaired) electrons. The lowest BCUT2D eigenvalue weighted by Crippen LogP contribution is -2.48. The minimum Gasteiger partial charge on any atom is -0.352 e. The maximum atomic E-state index is 12.5. The molecule has 0 saturated carbocycles. The van der Waals surface area contributed by atoms with Gasteiger partial charge in [0, 0.05) is 18.5 Å². The number of carbonyl (C=O) groups excluding carboxylic acids is 3. The van der Waals surface area contributed by atoms with E-state index in [1.165, 1.54) is 4.90 Å². The standard InChI is InChI=1S/C15H23N3O3/c1-9(2)15(21)18-7-5-6-12(18)13(19)11(8-16)14(20)17-10(3)4/h9-12H,5-7H2,1-4H3,(H,17,20)/t11-,12+/m0/s1. The lowest BCUT2D eigenvalue weighted by atomic mass is 9.96. The van der Waals surface area contributed by atoms with Crippen LogP contribution in [0.15, 0.2) is 0 Å². The Morgan fingerprint density at radius 2 is 1.86 bits per heavy atom. The quantitative estimate of drug-likeness (QED) is 0.761. The fraction of sp³-hybridized carbons (Fsp3) is 0.733. The van der Waals surface area contributed by atoms with E-state index in [0.717, 1.165) is 6.42 Å². The number of hydrogen-bond acceptors (Lipinski definition) is 4. The molecule has 1 saturated heterocycles. The molecule has 0 aromatic carbocycles. The van der Waals surface area contributed by atoms with Crippen LogP contribution in [0.3, 0.4) is 0 Å². The number of amides is 2. The van der Waals surface area contributed by atoms with Crippen molar-refractivity contribution in [3.8, 4) is 6.07 Å². The lowest BCUT2D eigenvalue weighted by Gasteiger charge is -2.26. The molecule has 1 aliphatic heterocycles. The van der Waals surface area contributed by atoms with Crippen molar-refractivity contribution in [2.24, 2.45) is 11.8 Å². The van der Waals surface area contributed by atoms with Gasteiger partial charge in [-0.15, -0.1) is 0 Å². The van der Waals surface area contributed by atoms with Crippen LogP contribution >= 0.6 is 0 Å². The zero-order valence-corrected chi connectivity index (χ0v) is 13.0. The van der Waals surface area contributed by atoms with Gasteiger partial charge in [0.1, 0.15) is 0 Å². The first kappa shape index (κ1) is 17.2. The molecule has 1 heterocycles. The molecule has 0 aromatic rings. The van der Waals surface area contributed by atoms with Crippen LogP contribution in [0, 0.1) is 23.2 Å². The first-order chi connectivity index (χ1) is 9.79. The summed E-state index contributed by atoms with van der Waals surface area (Å²) >= 11 is 0. The van der Waals surface area contributed by atoms with Crippen molar-refractivity contribution in [2.45, 2.75) is 52.6 Å². The molecule has 0 bridgehead atoms. The summed E-state index contributed by atoms with van der Waals surface area (Å²) in [5.41, 5.74) is 0. The van der Waals surface area contributed by atoms with E-state index < -0.39 is 23.7 Å². The second-order valence-electron chi connectivity index (χ2n) is 5.97. The highest BCUT2D eigenvalue weighted by Crippen LogP contribution is 2.23. The number of nitrogens with one attached hydrogen (secondary N) is 1. The molecule has 0 spiro atoms. The Hall–Kier alpha value is -1.90. The summed E-state index contributed by atoms with van der Waals surface area (Å²) in [6.45, 7) is 7.59. The Bertz CT molecular complexity index is 465. The van der Waals surface area contributed by atoms with Gasteiger partial charge in [0.25, 0.3) is 0 Å². The van der Waals surface area contributed by atoms with Crippen molar-refractivity contribution < 1.29 is 14.4 Å². The molecule has 0 aromatic heterocycles. The van der Waals surface area contributed by atoms with Crippen molar-refractivity contribution in [2.75, 3.05) is 6.54 Å². The Morgan fingerprint density at radius 1 is 1.24 bits per heavy atom. The van der Waals surface area contributed by atoms with Gasteiger partial charge in [-0.3, -0.25) is 14.4 Å². The van der Waals surface area contributed by atoms with E-state index in [9.17, 15) is 14.4 Å². The highest BCUT2D eigenvalue weighted by molar-refractivity contribution is 6.07. The van der Waals surface area contributed by atoms with Gasteiger partial charge in [-0.05, 0) is 26.7 Å². The third kappa shape index (κ3) is 4.03. The van der Waals surface area contributed by atoms with E-state index in [0.29, 0.717) is 13.0 Å². The number of nitrogens with zero attached hydrogens (tertiary/aromatic N) is 2. The molecule has 6 nitrogen and oxygen atoms in total. The molecular weight excluding hydrogens is 270 g/mol. The van der Waals surface area contributed by atoms with Crippen LogP contribution in [0.1, 0.15) is 40.5 Å². The number of ketones is 1.